The second-order valence-electron chi connectivity index (χ2n) is 5.57. The maximum Gasteiger partial charge on any atom is 0.231 e. The van der Waals surface area contributed by atoms with Crippen LogP contribution in [0.25, 0.3) is 27.6 Å². The zero-order valence-corrected chi connectivity index (χ0v) is 15.5. The van der Waals surface area contributed by atoms with Crippen molar-refractivity contribution in [2.45, 2.75) is 0 Å². The maximum absolute atomic E-state index is 5.50. The molecule has 126 valence electrons. The average Bonchev–Trinajstić information content (AvgIpc) is 3.22. The Kier molecular flexibility index (Phi) is 3.11. The molecule has 0 saturated carbocycles. The third-order valence-electron chi connectivity index (χ3n) is 4.29. The highest BCUT2D eigenvalue weighted by Crippen LogP contribution is 2.39. The lowest BCUT2D eigenvalue weighted by molar-refractivity contribution is 0.174. The van der Waals surface area contributed by atoms with Crippen LogP contribution in [0.15, 0.2) is 24.3 Å². The van der Waals surface area contributed by atoms with Crippen molar-refractivity contribution in [2.24, 2.45) is 0 Å². The number of benzene rings is 2. The molecule has 25 heavy (non-hydrogen) atoms. The highest BCUT2D eigenvalue weighted by atomic mass is 127. The highest BCUT2D eigenvalue weighted by Gasteiger charge is 2.20. The molecule has 4 aromatic rings. The summed E-state index contributed by atoms with van der Waals surface area (Å²) in [6, 6.07) is 7.60. The molecule has 0 spiro atoms. The van der Waals surface area contributed by atoms with Crippen LogP contribution in [0, 0.1) is 3.83 Å². The molecular formula is C17H12IN3O4. The topological polar surface area (TPSA) is 67.1 Å². The van der Waals surface area contributed by atoms with Crippen molar-refractivity contribution < 1.29 is 18.9 Å². The summed E-state index contributed by atoms with van der Waals surface area (Å²) >= 11 is 2.21. The van der Waals surface area contributed by atoms with Gasteiger partial charge < -0.3 is 18.9 Å². The first kappa shape index (κ1) is 14.8. The Morgan fingerprint density at radius 3 is 2.44 bits per heavy atom. The number of nitrogens with zero attached hydrogens (tertiary/aromatic N) is 3. The van der Waals surface area contributed by atoms with Gasteiger partial charge in [-0.1, -0.05) is 0 Å². The molecule has 0 unspecified atom stereocenters. The van der Waals surface area contributed by atoms with E-state index >= 15 is 0 Å². The Bertz CT molecular complexity index is 1170. The maximum atomic E-state index is 5.50. The molecule has 0 atom stereocenters. The first-order valence-corrected chi connectivity index (χ1v) is 8.60. The van der Waals surface area contributed by atoms with E-state index in [0.29, 0.717) is 17.2 Å². The number of methoxy groups -OCH3 is 2. The molecule has 1 aliphatic rings. The van der Waals surface area contributed by atoms with E-state index in [1.54, 1.807) is 14.2 Å². The molecule has 7 nitrogen and oxygen atoms in total. The zero-order valence-electron chi connectivity index (χ0n) is 13.4. The van der Waals surface area contributed by atoms with Gasteiger partial charge in [0.2, 0.25) is 6.79 Å². The summed E-state index contributed by atoms with van der Waals surface area (Å²) in [4.78, 5) is 9.50. The van der Waals surface area contributed by atoms with Crippen molar-refractivity contribution in [3.05, 3.63) is 28.1 Å². The number of aromatic nitrogens is 3. The second-order valence-corrected chi connectivity index (χ2v) is 6.54. The van der Waals surface area contributed by atoms with Crippen molar-refractivity contribution in [3.8, 4) is 23.0 Å². The molecule has 1 aliphatic heterocycles. The summed E-state index contributed by atoms with van der Waals surface area (Å²) in [6.07, 6.45) is 0. The van der Waals surface area contributed by atoms with Gasteiger partial charge in [-0.05, 0) is 6.07 Å². The van der Waals surface area contributed by atoms with E-state index in [2.05, 4.69) is 22.6 Å². The van der Waals surface area contributed by atoms with Gasteiger partial charge in [-0.15, -0.1) is 0 Å². The fourth-order valence-electron chi connectivity index (χ4n) is 3.12. The van der Waals surface area contributed by atoms with Gasteiger partial charge >= 0.3 is 0 Å². The Hall–Kier alpha value is -2.49. The second kappa shape index (κ2) is 5.25. The van der Waals surface area contributed by atoms with Crippen LogP contribution in [-0.4, -0.2) is 35.4 Å². The molecule has 0 bridgehead atoms. The summed E-state index contributed by atoms with van der Waals surface area (Å²) in [5.74, 6) is 2.71. The fourth-order valence-corrected chi connectivity index (χ4v) is 3.87. The number of hydrogen-bond acceptors (Lipinski definition) is 6. The van der Waals surface area contributed by atoms with Gasteiger partial charge in [-0.25, -0.2) is 9.97 Å². The number of imidazole rings is 1. The van der Waals surface area contributed by atoms with E-state index in [1.807, 2.05) is 28.7 Å². The molecule has 2 aromatic heterocycles. The number of fused-ring (bicyclic) bond motifs is 6. The Balaban J connectivity index is 1.93. The Morgan fingerprint density at radius 2 is 1.68 bits per heavy atom. The molecule has 0 radical (unpaired) electrons. The van der Waals surface area contributed by atoms with Crippen LogP contribution in [0.4, 0.5) is 0 Å². The number of ether oxygens (including phenoxy) is 4. The van der Waals surface area contributed by atoms with Crippen LogP contribution in [0.3, 0.4) is 0 Å². The van der Waals surface area contributed by atoms with Crippen LogP contribution in [0.5, 0.6) is 23.0 Å². The number of hydrogen-bond donors (Lipinski definition) is 0. The van der Waals surface area contributed by atoms with Crippen molar-refractivity contribution in [1.29, 1.82) is 0 Å². The molecule has 3 heterocycles. The molecule has 0 amide bonds. The van der Waals surface area contributed by atoms with Crippen LogP contribution < -0.4 is 18.9 Å². The van der Waals surface area contributed by atoms with Crippen molar-refractivity contribution in [3.63, 3.8) is 0 Å². The van der Waals surface area contributed by atoms with Gasteiger partial charge in [0.05, 0.1) is 30.8 Å². The van der Waals surface area contributed by atoms with Crippen molar-refractivity contribution in [1.82, 2.24) is 14.4 Å². The number of rotatable bonds is 2. The minimum absolute atomic E-state index is 0.236. The third kappa shape index (κ3) is 2.03. The first-order chi connectivity index (χ1) is 12.2. The minimum Gasteiger partial charge on any atom is -0.493 e. The van der Waals surface area contributed by atoms with Gasteiger partial charge in [0.1, 0.15) is 5.65 Å². The minimum atomic E-state index is 0.236. The Labute approximate surface area is 155 Å². The van der Waals surface area contributed by atoms with Gasteiger partial charge in [0.25, 0.3) is 0 Å². The van der Waals surface area contributed by atoms with Gasteiger partial charge in [-0.2, -0.15) is 0 Å². The molecule has 5 rings (SSSR count). The molecular weight excluding hydrogens is 437 g/mol. The van der Waals surface area contributed by atoms with E-state index in [-0.39, 0.29) is 6.79 Å². The normalized spacial score (nSPS) is 13.1. The summed E-state index contributed by atoms with van der Waals surface area (Å²) in [7, 11) is 3.22. The van der Waals surface area contributed by atoms with Crippen LogP contribution >= 0.6 is 22.6 Å². The zero-order chi connectivity index (χ0) is 17.1. The predicted octanol–water partition coefficient (Wildman–Crippen LogP) is 3.39. The lowest BCUT2D eigenvalue weighted by atomic mass is 10.2. The first-order valence-electron chi connectivity index (χ1n) is 7.52. The summed E-state index contributed by atoms with van der Waals surface area (Å²) < 4.78 is 24.6. The molecule has 0 saturated heterocycles. The van der Waals surface area contributed by atoms with E-state index < -0.39 is 0 Å². The summed E-state index contributed by atoms with van der Waals surface area (Å²) in [5, 5.41) is 0.885. The van der Waals surface area contributed by atoms with E-state index in [9.17, 15) is 0 Å². The molecule has 2 aromatic carbocycles. The standard InChI is InChI=1S/C17H12IN3O4/c1-22-12-3-8-9(4-13(12)23-2)20-17(18)21-11-6-15-14(24-7-25-15)5-10(11)19-16(8)21/h3-6H,7H2,1-2H3. The lowest BCUT2D eigenvalue weighted by Gasteiger charge is -2.10. The highest BCUT2D eigenvalue weighted by molar-refractivity contribution is 14.1. The van der Waals surface area contributed by atoms with Crippen molar-refractivity contribution in [2.75, 3.05) is 21.0 Å². The SMILES string of the molecule is COc1cc2nc(I)n3c4cc5c(cc4nc3c2cc1OC)OCO5. The molecule has 0 aliphatic carbocycles. The quantitative estimate of drug-likeness (QED) is 0.346. The van der Waals surface area contributed by atoms with Gasteiger partial charge in [0.15, 0.2) is 26.8 Å². The molecule has 0 N–H and O–H groups in total. The summed E-state index contributed by atoms with van der Waals surface area (Å²) in [5.41, 5.74) is 3.35. The average molecular weight is 449 g/mol. The molecule has 0 fully saturated rings. The van der Waals surface area contributed by atoms with E-state index in [1.165, 1.54) is 0 Å². The monoisotopic (exact) mass is 449 g/mol. The molecule has 8 heteroatoms. The largest absolute Gasteiger partial charge is 0.493 e. The van der Waals surface area contributed by atoms with Gasteiger partial charge in [0, 0.05) is 46.2 Å². The number of halogens is 1. The third-order valence-corrected chi connectivity index (χ3v) is 5.01. The van der Waals surface area contributed by atoms with Crippen LogP contribution in [-0.2, 0) is 0 Å². The smallest absolute Gasteiger partial charge is 0.231 e. The van der Waals surface area contributed by atoms with Crippen LogP contribution in [0.1, 0.15) is 0 Å². The fraction of sp³-hybridized carbons (Fsp3) is 0.176. The van der Waals surface area contributed by atoms with E-state index in [0.717, 1.165) is 37.2 Å². The van der Waals surface area contributed by atoms with E-state index in [4.69, 9.17) is 28.9 Å². The van der Waals surface area contributed by atoms with Crippen LogP contribution in [0.2, 0.25) is 0 Å². The lowest BCUT2D eigenvalue weighted by Crippen LogP contribution is -1.99. The predicted molar refractivity (Wildman–Crippen MR) is 99.9 cm³/mol. The Morgan fingerprint density at radius 1 is 0.960 bits per heavy atom. The van der Waals surface area contributed by atoms with Gasteiger partial charge in [-0.3, -0.25) is 4.40 Å². The van der Waals surface area contributed by atoms with Crippen molar-refractivity contribution >= 4 is 50.2 Å². The summed E-state index contributed by atoms with van der Waals surface area (Å²) in [6.45, 7) is 0.236.